The largest absolute Gasteiger partial charge is 0.473 e. The molecule has 8 nitrogen and oxygen atoms in total. The van der Waals surface area contributed by atoms with Crippen molar-refractivity contribution in [3.63, 3.8) is 0 Å². The van der Waals surface area contributed by atoms with E-state index in [-0.39, 0.29) is 29.2 Å². The zero-order valence-electron chi connectivity index (χ0n) is 24.3. The molecule has 42 heavy (non-hydrogen) atoms. The second-order valence-electron chi connectivity index (χ2n) is 9.53. The van der Waals surface area contributed by atoms with Crippen molar-refractivity contribution < 1.29 is 33.3 Å². The fraction of sp³-hybridized carbons (Fsp3) is 0.242. The molecule has 0 spiro atoms. The van der Waals surface area contributed by atoms with Crippen LogP contribution in [0.1, 0.15) is 20.8 Å². The highest BCUT2D eigenvalue weighted by molar-refractivity contribution is 7.87. The summed E-state index contributed by atoms with van der Waals surface area (Å²) in [5.41, 5.74) is -0.615. The molecule has 0 radical (unpaired) electrons. The maximum absolute atomic E-state index is 13.6. The summed E-state index contributed by atoms with van der Waals surface area (Å²) in [5.74, 6) is -3.33. The predicted molar refractivity (Wildman–Crippen MR) is 162 cm³/mol. The van der Waals surface area contributed by atoms with Crippen LogP contribution >= 0.6 is 7.05 Å². The maximum atomic E-state index is 13.6. The first-order valence-electron chi connectivity index (χ1n) is 13.6. The number of methoxy groups -OCH3 is 2. The van der Waals surface area contributed by atoms with Gasteiger partial charge in [-0.05, 0) is 13.8 Å². The van der Waals surface area contributed by atoms with Crippen LogP contribution in [0.2, 0.25) is 0 Å². The molecule has 218 valence electrons. The average Bonchev–Trinajstić information content (AvgIpc) is 3.14. The quantitative estimate of drug-likeness (QED) is 0.215. The molecule has 0 fully saturated rings. The highest BCUT2D eigenvalue weighted by atomic mass is 31.2. The van der Waals surface area contributed by atoms with Gasteiger partial charge in [-0.25, -0.2) is 19.1 Å². The standard InChI is InChI=1S/C33H34NO7P/c1-6-40-33(37)28-27(31(35)38-4)22(2)23(3)41-30(29(28)32(36)39-5)34-42(24-16-10-7-11-17-24,25-18-12-8-13-19-25)26-20-14-9-15-21-26/h7-23H,6H2,1-5H3. The third-order valence-electron chi connectivity index (χ3n) is 7.09. The van der Waals surface area contributed by atoms with Crippen LogP contribution < -0.4 is 15.9 Å². The van der Waals surface area contributed by atoms with Crippen molar-refractivity contribution in [2.75, 3.05) is 20.8 Å². The van der Waals surface area contributed by atoms with Crippen molar-refractivity contribution >= 4 is 40.9 Å². The first-order valence-corrected chi connectivity index (χ1v) is 15.3. The molecule has 3 aromatic rings. The summed E-state index contributed by atoms with van der Waals surface area (Å²) < 4.78 is 27.4. The van der Waals surface area contributed by atoms with Crippen LogP contribution in [-0.2, 0) is 33.3 Å². The van der Waals surface area contributed by atoms with Crippen molar-refractivity contribution in [1.82, 2.24) is 0 Å². The Morgan fingerprint density at radius 3 is 1.57 bits per heavy atom. The van der Waals surface area contributed by atoms with E-state index in [1.165, 1.54) is 14.2 Å². The van der Waals surface area contributed by atoms with Gasteiger partial charge in [0.15, 0.2) is 0 Å². The molecule has 1 aliphatic heterocycles. The van der Waals surface area contributed by atoms with E-state index >= 15 is 0 Å². The molecular formula is C33H34NO7P. The molecule has 0 bridgehead atoms. The molecule has 1 heterocycles. The van der Waals surface area contributed by atoms with Gasteiger partial charge in [0.2, 0.25) is 5.88 Å². The third-order valence-corrected chi connectivity index (χ3v) is 10.7. The number of ether oxygens (including phenoxy) is 4. The van der Waals surface area contributed by atoms with E-state index in [1.807, 2.05) is 91.0 Å². The number of nitrogens with zero attached hydrogens (tertiary/aromatic N) is 1. The monoisotopic (exact) mass is 587 g/mol. The van der Waals surface area contributed by atoms with E-state index in [0.717, 1.165) is 15.9 Å². The lowest BCUT2D eigenvalue weighted by molar-refractivity contribution is -0.142. The van der Waals surface area contributed by atoms with E-state index in [1.54, 1.807) is 20.8 Å². The molecule has 0 N–H and O–H groups in total. The number of hydrogen-bond acceptors (Lipinski definition) is 8. The Hall–Kier alpha value is -4.42. The molecule has 0 saturated carbocycles. The Morgan fingerprint density at radius 2 is 1.17 bits per heavy atom. The van der Waals surface area contributed by atoms with Gasteiger partial charge in [-0.15, -0.1) is 0 Å². The number of carbonyl (C=O) groups is 3. The van der Waals surface area contributed by atoms with E-state index in [2.05, 4.69) is 0 Å². The molecule has 2 unspecified atom stereocenters. The van der Waals surface area contributed by atoms with Gasteiger partial charge in [0, 0.05) is 21.8 Å². The lowest BCUT2D eigenvalue weighted by atomic mass is 9.89. The van der Waals surface area contributed by atoms with Crippen LogP contribution in [0.25, 0.3) is 0 Å². The molecule has 9 heteroatoms. The summed E-state index contributed by atoms with van der Waals surface area (Å²) >= 11 is 0. The van der Waals surface area contributed by atoms with Crippen molar-refractivity contribution in [3.8, 4) is 0 Å². The molecule has 0 amide bonds. The minimum Gasteiger partial charge on any atom is -0.473 e. The van der Waals surface area contributed by atoms with Crippen LogP contribution in [0.4, 0.5) is 0 Å². The van der Waals surface area contributed by atoms with Crippen LogP contribution in [0, 0.1) is 5.92 Å². The molecule has 4 rings (SSSR count). The van der Waals surface area contributed by atoms with E-state index in [0.29, 0.717) is 0 Å². The minimum atomic E-state index is -2.95. The number of hydrogen-bond donors (Lipinski definition) is 0. The van der Waals surface area contributed by atoms with Gasteiger partial charge in [0.1, 0.15) is 11.7 Å². The Kier molecular flexibility index (Phi) is 9.81. The first-order chi connectivity index (χ1) is 20.3. The number of benzene rings is 3. The van der Waals surface area contributed by atoms with Crippen molar-refractivity contribution in [2.24, 2.45) is 10.7 Å². The number of esters is 3. The Bertz CT molecular complexity index is 1460. The third kappa shape index (κ3) is 5.81. The Labute approximate surface area is 246 Å². The predicted octanol–water partition coefficient (Wildman–Crippen LogP) is 4.64. The summed E-state index contributed by atoms with van der Waals surface area (Å²) in [7, 11) is -0.547. The number of carbonyl (C=O) groups excluding carboxylic acids is 3. The lowest BCUT2D eigenvalue weighted by Crippen LogP contribution is -2.26. The van der Waals surface area contributed by atoms with Gasteiger partial charge in [-0.1, -0.05) is 97.9 Å². The summed E-state index contributed by atoms with van der Waals surface area (Å²) in [4.78, 5) is 40.3. The molecule has 2 atom stereocenters. The second kappa shape index (κ2) is 13.5. The normalized spacial score (nSPS) is 17.1. The molecular weight excluding hydrogens is 553 g/mol. The van der Waals surface area contributed by atoms with Gasteiger partial charge in [0.25, 0.3) is 0 Å². The van der Waals surface area contributed by atoms with Crippen LogP contribution in [0.3, 0.4) is 0 Å². The molecule has 0 aromatic heterocycles. The van der Waals surface area contributed by atoms with Crippen molar-refractivity contribution in [2.45, 2.75) is 26.9 Å². The zero-order chi connectivity index (χ0) is 30.3. The van der Waals surface area contributed by atoms with Gasteiger partial charge >= 0.3 is 17.9 Å². The summed E-state index contributed by atoms with van der Waals surface area (Å²) in [6.45, 7) is 5.12. The second-order valence-corrected chi connectivity index (χ2v) is 12.5. The van der Waals surface area contributed by atoms with Crippen molar-refractivity contribution in [3.05, 3.63) is 114 Å². The highest BCUT2D eigenvalue weighted by Crippen LogP contribution is 2.49. The van der Waals surface area contributed by atoms with Crippen LogP contribution in [0.15, 0.2) is 118 Å². The number of rotatable bonds is 8. The minimum absolute atomic E-state index is 0.0114. The van der Waals surface area contributed by atoms with Crippen LogP contribution in [0.5, 0.6) is 0 Å². The lowest BCUT2D eigenvalue weighted by Gasteiger charge is -2.28. The van der Waals surface area contributed by atoms with Gasteiger partial charge in [0.05, 0.1) is 39.0 Å². The summed E-state index contributed by atoms with van der Waals surface area (Å²) in [6, 6.07) is 29.3. The fourth-order valence-electron chi connectivity index (χ4n) is 4.91. The molecule has 0 aliphatic carbocycles. The van der Waals surface area contributed by atoms with Gasteiger partial charge in [-0.2, -0.15) is 0 Å². The van der Waals surface area contributed by atoms with Crippen molar-refractivity contribution in [1.29, 1.82) is 0 Å². The SMILES string of the molecule is CCOC(=O)C1=C(C(=O)OC)C(C)C(C)OC(N=P(c2ccccc2)(c2ccccc2)c2ccccc2)=C1C(=O)OC. The molecule has 3 aromatic carbocycles. The van der Waals surface area contributed by atoms with Gasteiger partial charge in [-0.3, -0.25) is 0 Å². The van der Waals surface area contributed by atoms with E-state index in [9.17, 15) is 14.4 Å². The average molecular weight is 588 g/mol. The highest BCUT2D eigenvalue weighted by Gasteiger charge is 2.42. The molecule has 1 aliphatic rings. The van der Waals surface area contributed by atoms with Crippen LogP contribution in [-0.4, -0.2) is 44.8 Å². The van der Waals surface area contributed by atoms with E-state index in [4.69, 9.17) is 23.7 Å². The Morgan fingerprint density at radius 1 is 0.714 bits per heavy atom. The van der Waals surface area contributed by atoms with Gasteiger partial charge < -0.3 is 18.9 Å². The van der Waals surface area contributed by atoms with E-state index < -0.39 is 37.0 Å². The first kappa shape index (κ1) is 30.5. The topological polar surface area (TPSA) is 100 Å². The smallest absolute Gasteiger partial charge is 0.344 e. The summed E-state index contributed by atoms with van der Waals surface area (Å²) in [6.07, 6.45) is -0.686. The maximum Gasteiger partial charge on any atom is 0.344 e. The molecule has 0 saturated heterocycles. The summed E-state index contributed by atoms with van der Waals surface area (Å²) in [5, 5.41) is 2.67. The Balaban J connectivity index is 2.27. The zero-order valence-corrected chi connectivity index (χ0v) is 25.2. The fourth-order valence-corrected chi connectivity index (χ4v) is 8.38.